The van der Waals surface area contributed by atoms with E-state index in [1.165, 1.54) is 16.8 Å². The first kappa shape index (κ1) is 20.5. The van der Waals surface area contributed by atoms with Crippen LogP contribution in [0.5, 0.6) is 0 Å². The normalized spacial score (nSPS) is 11.9. The van der Waals surface area contributed by atoms with Crippen molar-refractivity contribution in [2.75, 3.05) is 4.72 Å². The monoisotopic (exact) mass is 432 g/mol. The predicted molar refractivity (Wildman–Crippen MR) is 117 cm³/mol. The number of aromatic nitrogens is 4. The third-order valence-corrected chi connectivity index (χ3v) is 6.26. The molecule has 9 heteroatoms. The van der Waals surface area contributed by atoms with Gasteiger partial charge in [0.2, 0.25) is 0 Å². The molecule has 0 aliphatic heterocycles. The summed E-state index contributed by atoms with van der Waals surface area (Å²) in [6.45, 7) is 6.20. The van der Waals surface area contributed by atoms with Crippen LogP contribution in [0.4, 0.5) is 5.82 Å². The fourth-order valence-electron chi connectivity index (χ4n) is 3.16. The van der Waals surface area contributed by atoms with E-state index >= 15 is 0 Å². The van der Waals surface area contributed by atoms with E-state index < -0.39 is 10.0 Å². The first-order chi connectivity index (χ1) is 14.7. The average Bonchev–Trinajstić information content (AvgIpc) is 3.20. The van der Waals surface area contributed by atoms with Gasteiger partial charge in [-0.15, -0.1) is 0 Å². The Morgan fingerprint density at radius 3 is 2.39 bits per heavy atom. The van der Waals surface area contributed by atoms with Crippen molar-refractivity contribution >= 4 is 21.4 Å². The van der Waals surface area contributed by atoms with Crippen LogP contribution in [0.3, 0.4) is 0 Å². The third-order valence-electron chi connectivity index (χ3n) is 4.89. The molecular formula is C22H20N6O2S. The van der Waals surface area contributed by atoms with Gasteiger partial charge in [0.25, 0.3) is 10.0 Å². The zero-order chi connectivity index (χ0) is 22.2. The number of pyridine rings is 1. The Morgan fingerprint density at radius 2 is 1.77 bits per heavy atom. The van der Waals surface area contributed by atoms with Crippen LogP contribution in [0, 0.1) is 11.3 Å². The molecule has 0 radical (unpaired) electrons. The average molecular weight is 433 g/mol. The maximum atomic E-state index is 13.0. The summed E-state index contributed by atoms with van der Waals surface area (Å²) in [6.07, 6.45) is 3.09. The van der Waals surface area contributed by atoms with E-state index in [0.717, 1.165) is 5.56 Å². The summed E-state index contributed by atoms with van der Waals surface area (Å²) in [4.78, 5) is 0.142. The molecule has 156 valence electrons. The number of fused-ring (bicyclic) bond motifs is 1. The molecule has 0 aliphatic carbocycles. The number of hydrogen-bond acceptors (Lipinski definition) is 6. The molecule has 3 aromatic heterocycles. The SMILES string of the molecule is CC(C)(C)c1ccc(S(=O)(=O)Nc2ccc(C#N)c3cc(-c4ccnnc4)nn23)cc1. The van der Waals surface area contributed by atoms with E-state index in [2.05, 4.69) is 46.9 Å². The minimum atomic E-state index is -3.86. The maximum absolute atomic E-state index is 13.0. The fourth-order valence-corrected chi connectivity index (χ4v) is 4.20. The summed E-state index contributed by atoms with van der Waals surface area (Å²) in [7, 11) is -3.86. The van der Waals surface area contributed by atoms with Gasteiger partial charge in [-0.3, -0.25) is 4.72 Å². The number of hydrogen-bond donors (Lipinski definition) is 1. The molecule has 4 aromatic rings. The Labute approximate surface area is 180 Å². The fraction of sp³-hybridized carbons (Fsp3) is 0.182. The third kappa shape index (κ3) is 3.98. The summed E-state index contributed by atoms with van der Waals surface area (Å²) in [6, 6.07) is 15.4. The number of nitrogens with one attached hydrogen (secondary N) is 1. The second-order valence-electron chi connectivity index (χ2n) is 8.08. The smallest absolute Gasteiger partial charge is 0.263 e. The number of nitrogens with zero attached hydrogens (tertiary/aromatic N) is 5. The summed E-state index contributed by atoms with van der Waals surface area (Å²) in [5.74, 6) is 0.224. The van der Waals surface area contributed by atoms with Crippen molar-refractivity contribution in [1.82, 2.24) is 19.8 Å². The molecular weight excluding hydrogens is 412 g/mol. The maximum Gasteiger partial charge on any atom is 0.263 e. The first-order valence-electron chi connectivity index (χ1n) is 9.52. The molecule has 0 fully saturated rings. The molecule has 31 heavy (non-hydrogen) atoms. The summed E-state index contributed by atoms with van der Waals surface area (Å²) >= 11 is 0. The van der Waals surface area contributed by atoms with Crippen molar-refractivity contribution in [3.8, 4) is 17.3 Å². The minimum Gasteiger partial charge on any atom is -0.263 e. The number of anilines is 1. The quantitative estimate of drug-likeness (QED) is 0.525. The van der Waals surface area contributed by atoms with Gasteiger partial charge >= 0.3 is 0 Å². The second kappa shape index (κ2) is 7.49. The van der Waals surface area contributed by atoms with Crippen LogP contribution in [-0.4, -0.2) is 28.2 Å². The molecule has 0 spiro atoms. The zero-order valence-electron chi connectivity index (χ0n) is 17.2. The second-order valence-corrected chi connectivity index (χ2v) is 9.76. The Morgan fingerprint density at radius 1 is 1.03 bits per heavy atom. The number of nitriles is 1. The van der Waals surface area contributed by atoms with Crippen LogP contribution < -0.4 is 4.72 Å². The molecule has 0 aliphatic rings. The standard InChI is InChI=1S/C22H20N6O2S/c1-22(2,3)17-5-7-18(8-6-17)31(29,30)27-21-9-4-15(13-23)20-12-19(26-28(20)21)16-10-11-24-25-14-16/h4-12,14,27H,1-3H3. The number of sulfonamides is 1. The van der Waals surface area contributed by atoms with Crippen molar-refractivity contribution in [2.45, 2.75) is 31.1 Å². The molecule has 0 amide bonds. The Bertz CT molecular complexity index is 1400. The van der Waals surface area contributed by atoms with Crippen molar-refractivity contribution < 1.29 is 8.42 Å². The summed E-state index contributed by atoms with van der Waals surface area (Å²) in [5, 5.41) is 21.5. The van der Waals surface area contributed by atoms with Crippen molar-refractivity contribution in [3.05, 3.63) is 72.1 Å². The zero-order valence-corrected chi connectivity index (χ0v) is 18.1. The molecule has 0 bridgehead atoms. The highest BCUT2D eigenvalue weighted by atomic mass is 32.2. The molecule has 4 rings (SSSR count). The molecule has 3 heterocycles. The van der Waals surface area contributed by atoms with Crippen LogP contribution >= 0.6 is 0 Å². The van der Waals surface area contributed by atoms with Gasteiger partial charge in [-0.2, -0.15) is 20.6 Å². The van der Waals surface area contributed by atoms with Gasteiger partial charge in [0.15, 0.2) is 0 Å². The topological polar surface area (TPSA) is 113 Å². The van der Waals surface area contributed by atoms with E-state index in [9.17, 15) is 13.7 Å². The van der Waals surface area contributed by atoms with Gasteiger partial charge in [0.05, 0.1) is 34.1 Å². The van der Waals surface area contributed by atoms with E-state index in [1.807, 2.05) is 12.1 Å². The summed E-state index contributed by atoms with van der Waals surface area (Å²) in [5.41, 5.74) is 3.06. The van der Waals surface area contributed by atoms with E-state index in [4.69, 9.17) is 0 Å². The van der Waals surface area contributed by atoms with Crippen molar-refractivity contribution in [1.29, 1.82) is 5.26 Å². The Kier molecular flexibility index (Phi) is 4.95. The van der Waals surface area contributed by atoms with Gasteiger partial charge in [-0.1, -0.05) is 32.9 Å². The molecule has 8 nitrogen and oxygen atoms in total. The van der Waals surface area contributed by atoms with Gasteiger partial charge in [-0.25, -0.2) is 12.9 Å². The van der Waals surface area contributed by atoms with Crippen LogP contribution in [-0.2, 0) is 15.4 Å². The Hall–Kier alpha value is -3.77. The Balaban J connectivity index is 1.76. The lowest BCUT2D eigenvalue weighted by Crippen LogP contribution is -2.17. The van der Waals surface area contributed by atoms with Gasteiger partial charge in [0, 0.05) is 5.56 Å². The lowest BCUT2D eigenvalue weighted by molar-refractivity contribution is 0.587. The van der Waals surface area contributed by atoms with Gasteiger partial charge in [0.1, 0.15) is 11.9 Å². The lowest BCUT2D eigenvalue weighted by Gasteiger charge is -2.19. The number of benzene rings is 1. The molecule has 1 N–H and O–H groups in total. The molecule has 0 saturated carbocycles. The van der Waals surface area contributed by atoms with Gasteiger partial charge in [-0.05, 0) is 47.4 Å². The first-order valence-corrected chi connectivity index (χ1v) is 11.0. The highest BCUT2D eigenvalue weighted by Gasteiger charge is 2.20. The van der Waals surface area contributed by atoms with Crippen LogP contribution in [0.15, 0.2) is 65.8 Å². The molecule has 0 atom stereocenters. The van der Waals surface area contributed by atoms with Crippen LogP contribution in [0.2, 0.25) is 0 Å². The molecule has 0 saturated heterocycles. The minimum absolute atomic E-state index is 0.0811. The predicted octanol–water partition coefficient (Wildman–Crippen LogP) is 3.76. The van der Waals surface area contributed by atoms with Gasteiger partial charge < -0.3 is 0 Å². The van der Waals surface area contributed by atoms with Crippen molar-refractivity contribution in [3.63, 3.8) is 0 Å². The van der Waals surface area contributed by atoms with Crippen LogP contribution in [0.25, 0.3) is 16.8 Å². The largest absolute Gasteiger partial charge is 0.263 e. The number of rotatable bonds is 4. The van der Waals surface area contributed by atoms with Crippen LogP contribution in [0.1, 0.15) is 31.9 Å². The van der Waals surface area contributed by atoms with E-state index in [1.54, 1.807) is 36.5 Å². The molecule has 1 aromatic carbocycles. The van der Waals surface area contributed by atoms with Crippen molar-refractivity contribution in [2.24, 2.45) is 0 Å². The highest BCUT2D eigenvalue weighted by Crippen LogP contribution is 2.27. The summed E-state index contributed by atoms with van der Waals surface area (Å²) < 4.78 is 30.0. The van der Waals surface area contributed by atoms with E-state index in [0.29, 0.717) is 22.3 Å². The van der Waals surface area contributed by atoms with E-state index in [-0.39, 0.29) is 16.1 Å². The lowest BCUT2D eigenvalue weighted by atomic mass is 9.87. The molecule has 0 unspecified atom stereocenters. The highest BCUT2D eigenvalue weighted by molar-refractivity contribution is 7.92.